The Morgan fingerprint density at radius 3 is 2.44 bits per heavy atom. The first kappa shape index (κ1) is 21.8. The topological polar surface area (TPSA) is 52.8 Å². The van der Waals surface area contributed by atoms with Crippen LogP contribution in [-0.4, -0.2) is 19.7 Å². The molecule has 7 heteroatoms. The van der Waals surface area contributed by atoms with Crippen LogP contribution in [0.2, 0.25) is 5.02 Å². The van der Waals surface area contributed by atoms with E-state index in [1.165, 1.54) is 0 Å². The second kappa shape index (κ2) is 9.39. The highest BCUT2D eigenvalue weighted by Gasteiger charge is 2.12. The number of hydrogen-bond acceptors (Lipinski definition) is 4. The number of nitrogens with zero attached hydrogens (tertiary/aromatic N) is 4. The van der Waals surface area contributed by atoms with Crippen LogP contribution in [0.3, 0.4) is 0 Å². The zero-order valence-corrected chi connectivity index (χ0v) is 18.8. The van der Waals surface area contributed by atoms with E-state index in [4.69, 9.17) is 16.3 Å². The average molecular weight is 463 g/mol. The lowest BCUT2D eigenvalue weighted by Crippen LogP contribution is -1.98. The van der Waals surface area contributed by atoms with Crippen molar-refractivity contribution in [1.29, 1.82) is 0 Å². The van der Waals surface area contributed by atoms with Crippen LogP contribution in [0.4, 0.5) is 0 Å². The summed E-state index contributed by atoms with van der Waals surface area (Å²) in [5, 5.41) is 6.38. The second-order valence-corrected chi connectivity index (χ2v) is 7.69. The van der Waals surface area contributed by atoms with Gasteiger partial charge in [0.1, 0.15) is 18.1 Å². The minimum absolute atomic E-state index is 0. The quantitative estimate of drug-likeness (QED) is 0.305. The normalized spacial score (nSPS) is 10.7. The number of ether oxygens (including phenoxy) is 1. The molecule has 32 heavy (non-hydrogen) atoms. The van der Waals surface area contributed by atoms with Crippen LogP contribution in [0.15, 0.2) is 85.3 Å². The van der Waals surface area contributed by atoms with E-state index in [-0.39, 0.29) is 12.4 Å². The van der Waals surface area contributed by atoms with E-state index in [1.54, 1.807) is 12.4 Å². The second-order valence-electron chi connectivity index (χ2n) is 7.25. The summed E-state index contributed by atoms with van der Waals surface area (Å²) >= 11 is 6.08. The molecule has 0 fully saturated rings. The van der Waals surface area contributed by atoms with Gasteiger partial charge < -0.3 is 4.74 Å². The average Bonchev–Trinajstić information content (AvgIpc) is 3.20. The van der Waals surface area contributed by atoms with Crippen molar-refractivity contribution in [3.8, 4) is 28.1 Å². The molecule has 0 saturated carbocycles. The third-order valence-corrected chi connectivity index (χ3v) is 5.28. The predicted octanol–water partition coefficient (Wildman–Crippen LogP) is 6.35. The lowest BCUT2D eigenvalue weighted by Gasteiger charge is -2.08. The summed E-state index contributed by atoms with van der Waals surface area (Å²) in [5.74, 6) is 0.776. The van der Waals surface area contributed by atoms with Crippen molar-refractivity contribution in [1.82, 2.24) is 19.7 Å². The summed E-state index contributed by atoms with van der Waals surface area (Å²) in [6, 6.07) is 21.6. The third-order valence-electron chi connectivity index (χ3n) is 5.05. The van der Waals surface area contributed by atoms with Crippen molar-refractivity contribution in [3.05, 3.63) is 96.0 Å². The van der Waals surface area contributed by atoms with Crippen molar-refractivity contribution in [2.75, 3.05) is 0 Å². The Morgan fingerprint density at radius 2 is 1.66 bits per heavy atom. The lowest BCUT2D eigenvalue weighted by molar-refractivity contribution is 0.302. The Kier molecular flexibility index (Phi) is 6.40. The Labute approximate surface area is 197 Å². The van der Waals surface area contributed by atoms with Crippen LogP contribution < -0.4 is 4.74 Å². The molecular formula is C25H20Cl2N4O. The van der Waals surface area contributed by atoms with Gasteiger partial charge in [0, 0.05) is 47.2 Å². The maximum Gasteiger partial charge on any atom is 0.130 e. The molecule has 0 N–H and O–H groups in total. The number of aromatic nitrogens is 4. The van der Waals surface area contributed by atoms with Gasteiger partial charge in [0.2, 0.25) is 0 Å². The van der Waals surface area contributed by atoms with Crippen LogP contribution in [-0.2, 0) is 13.7 Å². The fourth-order valence-corrected chi connectivity index (χ4v) is 3.69. The predicted molar refractivity (Wildman–Crippen MR) is 130 cm³/mol. The molecule has 0 spiro atoms. The van der Waals surface area contributed by atoms with Gasteiger partial charge in [-0.2, -0.15) is 5.10 Å². The molecule has 0 aliphatic carbocycles. The van der Waals surface area contributed by atoms with Gasteiger partial charge >= 0.3 is 0 Å². The molecule has 5 rings (SSSR count). The van der Waals surface area contributed by atoms with Crippen molar-refractivity contribution in [2.24, 2.45) is 7.05 Å². The highest BCUT2D eigenvalue weighted by molar-refractivity contribution is 6.31. The van der Waals surface area contributed by atoms with Crippen molar-refractivity contribution < 1.29 is 4.74 Å². The van der Waals surface area contributed by atoms with Crippen LogP contribution in [0, 0.1) is 0 Å². The standard InChI is InChI=1S/C25H19ClN4O.ClH/c1-30-15-23(17-10-12-27-13-11-17)25(29-30)19-4-8-22(9-5-19)31-16-21-7-3-18-2-6-20(26)14-24(18)28-21;/h2-15H,16H2,1H3;1H. The van der Waals surface area contributed by atoms with Crippen molar-refractivity contribution in [2.45, 2.75) is 6.61 Å². The maximum atomic E-state index is 6.08. The fourth-order valence-electron chi connectivity index (χ4n) is 3.52. The van der Waals surface area contributed by atoms with E-state index in [2.05, 4.69) is 15.1 Å². The van der Waals surface area contributed by atoms with E-state index < -0.39 is 0 Å². The zero-order chi connectivity index (χ0) is 21.2. The van der Waals surface area contributed by atoms with E-state index in [9.17, 15) is 0 Å². The van der Waals surface area contributed by atoms with Gasteiger partial charge in [-0.15, -0.1) is 12.4 Å². The molecule has 160 valence electrons. The first-order valence-corrected chi connectivity index (χ1v) is 10.3. The van der Waals surface area contributed by atoms with Crippen LogP contribution in [0.1, 0.15) is 5.69 Å². The monoisotopic (exact) mass is 462 g/mol. The van der Waals surface area contributed by atoms with Crippen LogP contribution in [0.25, 0.3) is 33.3 Å². The first-order valence-electron chi connectivity index (χ1n) is 9.88. The number of pyridine rings is 2. The largest absolute Gasteiger partial charge is 0.487 e. The molecule has 3 heterocycles. The van der Waals surface area contributed by atoms with E-state index >= 15 is 0 Å². The smallest absolute Gasteiger partial charge is 0.130 e. The van der Waals surface area contributed by atoms with Crippen molar-refractivity contribution >= 4 is 34.9 Å². The summed E-state index contributed by atoms with van der Waals surface area (Å²) < 4.78 is 7.78. The van der Waals surface area contributed by atoms with Gasteiger partial charge in [-0.1, -0.05) is 23.7 Å². The number of aryl methyl sites for hydroxylation is 1. The minimum atomic E-state index is 0. The molecule has 2 aromatic carbocycles. The highest BCUT2D eigenvalue weighted by atomic mass is 35.5. The summed E-state index contributed by atoms with van der Waals surface area (Å²) in [6.45, 7) is 0.383. The number of rotatable bonds is 5. The van der Waals surface area contributed by atoms with Gasteiger partial charge in [0.05, 0.1) is 11.2 Å². The first-order chi connectivity index (χ1) is 15.2. The zero-order valence-electron chi connectivity index (χ0n) is 17.3. The highest BCUT2D eigenvalue weighted by Crippen LogP contribution is 2.31. The molecule has 0 amide bonds. The number of halogens is 2. The molecule has 0 saturated heterocycles. The summed E-state index contributed by atoms with van der Waals surface area (Å²) in [5.41, 5.74) is 5.82. The molecule has 0 atom stereocenters. The molecule has 3 aromatic heterocycles. The van der Waals surface area contributed by atoms with Crippen LogP contribution >= 0.6 is 24.0 Å². The van der Waals surface area contributed by atoms with Gasteiger partial charge in [-0.3, -0.25) is 9.67 Å². The van der Waals surface area contributed by atoms with Gasteiger partial charge in [-0.25, -0.2) is 4.98 Å². The van der Waals surface area contributed by atoms with E-state index in [0.29, 0.717) is 11.6 Å². The van der Waals surface area contributed by atoms with Gasteiger partial charge in [0.15, 0.2) is 0 Å². The molecule has 0 bridgehead atoms. The molecule has 5 nitrogen and oxygen atoms in total. The lowest BCUT2D eigenvalue weighted by atomic mass is 10.0. The van der Waals surface area contributed by atoms with Crippen LogP contribution in [0.5, 0.6) is 5.75 Å². The summed E-state index contributed by atoms with van der Waals surface area (Å²) in [7, 11) is 1.93. The minimum Gasteiger partial charge on any atom is -0.487 e. The fraction of sp³-hybridized carbons (Fsp3) is 0.0800. The maximum absolute atomic E-state index is 6.08. The molecule has 0 radical (unpaired) electrons. The molecule has 0 aliphatic heterocycles. The van der Waals surface area contributed by atoms with Gasteiger partial charge in [-0.05, 0) is 60.2 Å². The number of fused-ring (bicyclic) bond motifs is 1. The van der Waals surface area contributed by atoms with E-state index in [1.807, 2.05) is 84.7 Å². The Balaban J connectivity index is 0.00000245. The molecule has 0 unspecified atom stereocenters. The molecule has 5 aromatic rings. The summed E-state index contributed by atoms with van der Waals surface area (Å²) in [6.07, 6.45) is 5.60. The Morgan fingerprint density at radius 1 is 0.906 bits per heavy atom. The summed E-state index contributed by atoms with van der Waals surface area (Å²) in [4.78, 5) is 8.74. The van der Waals surface area contributed by atoms with E-state index in [0.717, 1.165) is 44.7 Å². The Bertz CT molecular complexity index is 1350. The number of benzene rings is 2. The molecule has 0 aliphatic rings. The molecular weight excluding hydrogens is 443 g/mol. The SMILES string of the molecule is Cl.Cn1cc(-c2ccncc2)c(-c2ccc(OCc3ccc4ccc(Cl)cc4n3)cc2)n1. The number of hydrogen-bond donors (Lipinski definition) is 0. The van der Waals surface area contributed by atoms with Crippen molar-refractivity contribution in [3.63, 3.8) is 0 Å². The Hall–Kier alpha value is -3.41. The third kappa shape index (κ3) is 4.59. The van der Waals surface area contributed by atoms with Gasteiger partial charge in [0.25, 0.3) is 0 Å².